The fourth-order valence-corrected chi connectivity index (χ4v) is 3.86. The highest BCUT2D eigenvalue weighted by atomic mass is 32.1. The molecular weight excluding hydrogens is 318 g/mol. The van der Waals surface area contributed by atoms with Crippen molar-refractivity contribution >= 4 is 22.8 Å². The standard InChI is InChI=1S/C19H15N3OS/c1-3-15(11-16(4-1)22-8-2-7-20-22)21-9-5-18-17(21)12-19(23-18)14-6-10-24-13-14/h1-13,17-18H. The molecular formula is C19H15N3OS. The van der Waals surface area contributed by atoms with E-state index in [0.717, 1.165) is 22.7 Å². The Morgan fingerprint density at radius 3 is 2.92 bits per heavy atom. The minimum absolute atomic E-state index is 0.0771. The number of nitrogens with zero attached hydrogens (tertiary/aromatic N) is 3. The van der Waals surface area contributed by atoms with Gasteiger partial charge in [0.1, 0.15) is 11.9 Å². The zero-order chi connectivity index (χ0) is 15.9. The van der Waals surface area contributed by atoms with Crippen molar-refractivity contribution in [1.82, 2.24) is 9.78 Å². The molecule has 24 heavy (non-hydrogen) atoms. The third-order valence-corrected chi connectivity index (χ3v) is 5.07. The summed E-state index contributed by atoms with van der Waals surface area (Å²) in [5.41, 5.74) is 3.35. The van der Waals surface area contributed by atoms with Crippen molar-refractivity contribution in [3.05, 3.63) is 83.5 Å². The van der Waals surface area contributed by atoms with Crippen LogP contribution in [0.3, 0.4) is 0 Å². The van der Waals surface area contributed by atoms with Gasteiger partial charge in [0.2, 0.25) is 0 Å². The Hall–Kier alpha value is -2.79. The minimum Gasteiger partial charge on any atom is -0.483 e. The molecule has 2 aliphatic heterocycles. The van der Waals surface area contributed by atoms with Crippen molar-refractivity contribution < 1.29 is 4.74 Å². The normalized spacial score (nSPS) is 21.7. The maximum atomic E-state index is 6.11. The van der Waals surface area contributed by atoms with Crippen molar-refractivity contribution in [3.8, 4) is 5.69 Å². The molecule has 3 aromatic rings. The highest BCUT2D eigenvalue weighted by molar-refractivity contribution is 7.08. The Bertz CT molecular complexity index is 912. The molecule has 0 bridgehead atoms. The number of thiophene rings is 1. The number of benzene rings is 1. The molecule has 2 unspecified atom stereocenters. The second-order valence-corrected chi connectivity index (χ2v) is 6.62. The quantitative estimate of drug-likeness (QED) is 0.723. The van der Waals surface area contributed by atoms with Gasteiger partial charge in [0.05, 0.1) is 11.7 Å². The number of aromatic nitrogens is 2. The topological polar surface area (TPSA) is 30.3 Å². The molecule has 0 radical (unpaired) electrons. The summed E-state index contributed by atoms with van der Waals surface area (Å²) in [4.78, 5) is 2.26. The van der Waals surface area contributed by atoms with Gasteiger partial charge in [-0.25, -0.2) is 4.68 Å². The predicted octanol–water partition coefficient (Wildman–Crippen LogP) is 4.08. The van der Waals surface area contributed by atoms with Crippen molar-refractivity contribution in [3.63, 3.8) is 0 Å². The molecule has 0 aliphatic carbocycles. The molecule has 1 aromatic carbocycles. The van der Waals surface area contributed by atoms with Gasteiger partial charge in [0.15, 0.2) is 0 Å². The molecule has 2 aromatic heterocycles. The molecule has 0 N–H and O–H groups in total. The zero-order valence-corrected chi connectivity index (χ0v) is 13.6. The lowest BCUT2D eigenvalue weighted by molar-refractivity contribution is 0.230. The van der Waals surface area contributed by atoms with Crippen LogP contribution in [0.25, 0.3) is 11.4 Å². The van der Waals surface area contributed by atoms with Crippen molar-refractivity contribution in [2.45, 2.75) is 12.1 Å². The van der Waals surface area contributed by atoms with Gasteiger partial charge < -0.3 is 9.64 Å². The summed E-state index contributed by atoms with van der Waals surface area (Å²) in [6.45, 7) is 0. The molecule has 2 atom stereocenters. The second-order valence-electron chi connectivity index (χ2n) is 5.84. The molecule has 4 heterocycles. The van der Waals surface area contributed by atoms with Crippen LogP contribution in [0.5, 0.6) is 0 Å². The number of hydrogen-bond acceptors (Lipinski definition) is 4. The maximum Gasteiger partial charge on any atom is 0.143 e. The average molecular weight is 333 g/mol. The van der Waals surface area contributed by atoms with Gasteiger partial charge in [-0.15, -0.1) is 0 Å². The number of hydrogen-bond donors (Lipinski definition) is 0. The summed E-state index contributed by atoms with van der Waals surface area (Å²) in [6.07, 6.45) is 10.3. The SMILES string of the molecule is C1=CN(c2cccc(-n3cccn3)c2)C2C=C(c3ccsc3)OC12. The first kappa shape index (κ1) is 13.6. The fourth-order valence-electron chi connectivity index (χ4n) is 3.22. The van der Waals surface area contributed by atoms with E-state index in [-0.39, 0.29) is 12.1 Å². The van der Waals surface area contributed by atoms with Gasteiger partial charge in [-0.2, -0.15) is 16.4 Å². The molecule has 2 aliphatic rings. The summed E-state index contributed by atoms with van der Waals surface area (Å²) in [6, 6.07) is 12.6. The Kier molecular flexibility index (Phi) is 3.06. The molecule has 5 heteroatoms. The number of anilines is 1. The van der Waals surface area contributed by atoms with Gasteiger partial charge in [-0.3, -0.25) is 0 Å². The van der Waals surface area contributed by atoms with E-state index in [2.05, 4.69) is 69.4 Å². The van der Waals surface area contributed by atoms with E-state index in [0.29, 0.717) is 0 Å². The van der Waals surface area contributed by atoms with Crippen LogP contribution in [-0.4, -0.2) is 21.9 Å². The molecule has 0 saturated carbocycles. The smallest absolute Gasteiger partial charge is 0.143 e. The lowest BCUT2D eigenvalue weighted by Gasteiger charge is -2.23. The summed E-state index contributed by atoms with van der Waals surface area (Å²) in [7, 11) is 0. The van der Waals surface area contributed by atoms with Crippen LogP contribution in [0, 0.1) is 0 Å². The molecule has 0 saturated heterocycles. The third-order valence-electron chi connectivity index (χ3n) is 4.38. The largest absolute Gasteiger partial charge is 0.483 e. The van der Waals surface area contributed by atoms with E-state index in [1.807, 2.05) is 16.9 Å². The van der Waals surface area contributed by atoms with E-state index in [1.165, 1.54) is 0 Å². The van der Waals surface area contributed by atoms with Crippen molar-refractivity contribution in [2.24, 2.45) is 0 Å². The molecule has 118 valence electrons. The summed E-state index contributed by atoms with van der Waals surface area (Å²) in [5.74, 6) is 0.976. The maximum absolute atomic E-state index is 6.11. The van der Waals surface area contributed by atoms with Crippen LogP contribution in [0.1, 0.15) is 5.56 Å². The Balaban J connectivity index is 1.47. The minimum atomic E-state index is 0.0771. The second kappa shape index (κ2) is 5.39. The van der Waals surface area contributed by atoms with Crippen molar-refractivity contribution in [1.29, 1.82) is 0 Å². The first-order chi connectivity index (χ1) is 11.9. The number of ether oxygens (including phenoxy) is 1. The van der Waals surface area contributed by atoms with Crippen LogP contribution >= 0.6 is 11.3 Å². The van der Waals surface area contributed by atoms with Gasteiger partial charge in [-0.1, -0.05) is 6.07 Å². The predicted molar refractivity (Wildman–Crippen MR) is 96.1 cm³/mol. The Morgan fingerprint density at radius 1 is 1.12 bits per heavy atom. The lowest BCUT2D eigenvalue weighted by Crippen LogP contribution is -2.30. The highest BCUT2D eigenvalue weighted by Crippen LogP contribution is 2.37. The van der Waals surface area contributed by atoms with Crippen LogP contribution in [-0.2, 0) is 4.74 Å². The Morgan fingerprint density at radius 2 is 2.08 bits per heavy atom. The van der Waals surface area contributed by atoms with Crippen LogP contribution in [0.2, 0.25) is 0 Å². The monoisotopic (exact) mass is 333 g/mol. The number of fused-ring (bicyclic) bond motifs is 1. The fraction of sp³-hybridized carbons (Fsp3) is 0.105. The molecule has 5 rings (SSSR count). The van der Waals surface area contributed by atoms with E-state index in [1.54, 1.807) is 17.5 Å². The van der Waals surface area contributed by atoms with Crippen LogP contribution < -0.4 is 4.90 Å². The first-order valence-electron chi connectivity index (χ1n) is 7.86. The van der Waals surface area contributed by atoms with Gasteiger partial charge >= 0.3 is 0 Å². The van der Waals surface area contributed by atoms with Gasteiger partial charge in [-0.05, 0) is 47.9 Å². The van der Waals surface area contributed by atoms with Crippen LogP contribution in [0.4, 0.5) is 5.69 Å². The molecule has 4 nitrogen and oxygen atoms in total. The van der Waals surface area contributed by atoms with Crippen molar-refractivity contribution in [2.75, 3.05) is 4.90 Å². The summed E-state index contributed by atoms with van der Waals surface area (Å²) in [5, 5.41) is 8.51. The lowest BCUT2D eigenvalue weighted by atomic mass is 10.1. The first-order valence-corrected chi connectivity index (χ1v) is 8.80. The van der Waals surface area contributed by atoms with Crippen LogP contribution in [0.15, 0.2) is 77.9 Å². The van der Waals surface area contributed by atoms with Gasteiger partial charge in [0, 0.05) is 35.2 Å². The van der Waals surface area contributed by atoms with Gasteiger partial charge in [0.25, 0.3) is 0 Å². The molecule has 0 spiro atoms. The summed E-state index contributed by atoms with van der Waals surface area (Å²) >= 11 is 1.69. The average Bonchev–Trinajstić information content (AvgIpc) is 3.38. The molecule has 0 fully saturated rings. The van der Waals surface area contributed by atoms with E-state index >= 15 is 0 Å². The van der Waals surface area contributed by atoms with E-state index in [9.17, 15) is 0 Å². The number of rotatable bonds is 3. The van der Waals surface area contributed by atoms with E-state index < -0.39 is 0 Å². The third kappa shape index (κ3) is 2.17. The highest BCUT2D eigenvalue weighted by Gasteiger charge is 2.36. The Labute approximate surface area is 143 Å². The van der Waals surface area contributed by atoms with E-state index in [4.69, 9.17) is 4.74 Å². The molecule has 0 amide bonds. The zero-order valence-electron chi connectivity index (χ0n) is 12.8. The summed E-state index contributed by atoms with van der Waals surface area (Å²) < 4.78 is 7.98.